The molecule has 1 aliphatic heterocycles. The van der Waals surface area contributed by atoms with Gasteiger partial charge in [-0.25, -0.2) is 0 Å². The van der Waals surface area contributed by atoms with Crippen molar-refractivity contribution < 1.29 is 22.6 Å². The van der Waals surface area contributed by atoms with E-state index in [0.717, 1.165) is 12.8 Å². The fourth-order valence-electron chi connectivity index (χ4n) is 3.09. The van der Waals surface area contributed by atoms with Gasteiger partial charge in [0, 0.05) is 27.8 Å². The third kappa shape index (κ3) is 3.41. The maximum atomic E-state index is 14.4. The van der Waals surface area contributed by atoms with Gasteiger partial charge in [0.05, 0.1) is 7.11 Å². The zero-order chi connectivity index (χ0) is 19.9. The molecule has 2 atom stereocenters. The van der Waals surface area contributed by atoms with Crippen LogP contribution in [0.2, 0.25) is 5.02 Å². The Hall–Kier alpha value is -2.36. The number of anilines is 1. The number of rotatable bonds is 2. The number of halogens is 4. The van der Waals surface area contributed by atoms with Crippen molar-refractivity contribution in [1.82, 2.24) is 0 Å². The molecule has 0 bridgehead atoms. The molecule has 2 aromatic rings. The summed E-state index contributed by atoms with van der Waals surface area (Å²) < 4.78 is 53.9. The van der Waals surface area contributed by atoms with Crippen molar-refractivity contribution in [3.05, 3.63) is 58.6 Å². The predicted molar refractivity (Wildman–Crippen MR) is 100 cm³/mol. The molecule has 0 radical (unpaired) electrons. The number of alkyl halides is 3. The smallest absolute Gasteiger partial charge is 0.433 e. The van der Waals surface area contributed by atoms with Crippen LogP contribution in [-0.4, -0.2) is 13.3 Å². The lowest BCUT2D eigenvalue weighted by atomic mass is 9.89. The van der Waals surface area contributed by atoms with Crippen LogP contribution in [0.1, 0.15) is 30.2 Å². The highest BCUT2D eigenvalue weighted by molar-refractivity contribution is 6.30. The summed E-state index contributed by atoms with van der Waals surface area (Å²) in [6.45, 7) is 0. The number of methoxy groups -OCH3 is 1. The topological polar surface area (TPSA) is 30.5 Å². The van der Waals surface area contributed by atoms with Crippen LogP contribution in [0.25, 0.3) is 0 Å². The van der Waals surface area contributed by atoms with E-state index in [4.69, 9.17) is 21.1 Å². The molecular weight excluding hydrogens is 391 g/mol. The van der Waals surface area contributed by atoms with E-state index in [1.54, 1.807) is 30.3 Å². The van der Waals surface area contributed by atoms with Gasteiger partial charge in [-0.15, -0.1) is 0 Å². The van der Waals surface area contributed by atoms with Gasteiger partial charge in [0.2, 0.25) is 0 Å². The zero-order valence-electron chi connectivity index (χ0n) is 14.9. The highest BCUT2D eigenvalue weighted by Crippen LogP contribution is 2.51. The minimum Gasteiger partial charge on any atom is -0.497 e. The minimum atomic E-state index is -4.75. The van der Waals surface area contributed by atoms with Crippen LogP contribution < -0.4 is 10.1 Å². The Morgan fingerprint density at radius 3 is 2.50 bits per heavy atom. The summed E-state index contributed by atoms with van der Waals surface area (Å²) >= 11 is 6.00. The van der Waals surface area contributed by atoms with Crippen LogP contribution >= 0.6 is 11.6 Å². The maximum absolute atomic E-state index is 14.4. The average Bonchev–Trinajstić information content (AvgIpc) is 3.50. The second-order valence-corrected chi connectivity index (χ2v) is 7.26. The Kier molecular flexibility index (Phi) is 4.68. The number of nitrogens with one attached hydrogen (secondary N) is 1. The van der Waals surface area contributed by atoms with Gasteiger partial charge in [-0.1, -0.05) is 35.6 Å². The van der Waals surface area contributed by atoms with E-state index >= 15 is 0 Å². The van der Waals surface area contributed by atoms with Crippen molar-refractivity contribution in [2.24, 2.45) is 5.92 Å². The molecule has 0 saturated heterocycles. The van der Waals surface area contributed by atoms with Crippen molar-refractivity contribution in [1.29, 1.82) is 0 Å². The lowest BCUT2D eigenvalue weighted by Crippen LogP contribution is -2.48. The molecule has 0 aromatic heterocycles. The second-order valence-electron chi connectivity index (χ2n) is 6.83. The fourth-order valence-corrected chi connectivity index (χ4v) is 3.27. The quantitative estimate of drug-likeness (QED) is 0.651. The third-order valence-electron chi connectivity index (χ3n) is 4.79. The summed E-state index contributed by atoms with van der Waals surface area (Å²) in [6.07, 6.45) is -4.16. The summed E-state index contributed by atoms with van der Waals surface area (Å²) in [5.74, 6) is 5.75. The van der Waals surface area contributed by atoms with E-state index in [1.165, 1.54) is 19.2 Å². The van der Waals surface area contributed by atoms with Crippen LogP contribution in [0.15, 0.2) is 42.5 Å². The van der Waals surface area contributed by atoms with Gasteiger partial charge in [-0.05, 0) is 43.2 Å². The molecule has 0 unspecified atom stereocenters. The fraction of sp³-hybridized carbons (Fsp3) is 0.333. The molecular formula is C21H17ClF3NO2. The number of benzene rings is 2. The van der Waals surface area contributed by atoms with Crippen molar-refractivity contribution in [2.45, 2.75) is 30.8 Å². The van der Waals surface area contributed by atoms with Crippen molar-refractivity contribution in [3.63, 3.8) is 0 Å². The third-order valence-corrected chi connectivity index (χ3v) is 5.02. The summed E-state index contributed by atoms with van der Waals surface area (Å²) in [7, 11) is 1.52. The van der Waals surface area contributed by atoms with Gasteiger partial charge < -0.3 is 14.8 Å². The second kappa shape index (κ2) is 6.91. The Morgan fingerprint density at radius 1 is 1.18 bits per heavy atom. The molecule has 1 heterocycles. The lowest BCUT2D eigenvalue weighted by molar-refractivity contribution is -0.273. The van der Waals surface area contributed by atoms with Crippen LogP contribution in [-0.2, 0) is 10.3 Å². The van der Waals surface area contributed by atoms with E-state index in [0.29, 0.717) is 17.0 Å². The van der Waals surface area contributed by atoms with E-state index in [-0.39, 0.29) is 16.5 Å². The van der Waals surface area contributed by atoms with Crippen molar-refractivity contribution in [2.75, 3.05) is 12.4 Å². The Labute approximate surface area is 165 Å². The highest BCUT2D eigenvalue weighted by atomic mass is 35.5. The summed E-state index contributed by atoms with van der Waals surface area (Å²) in [4.78, 5) is 0. The molecule has 4 rings (SSSR count). The number of fused-ring (bicyclic) bond motifs is 1. The molecule has 2 aromatic carbocycles. The monoisotopic (exact) mass is 407 g/mol. The Morgan fingerprint density at radius 2 is 1.89 bits per heavy atom. The number of ether oxygens (including phenoxy) is 2. The molecule has 1 saturated carbocycles. The first-order chi connectivity index (χ1) is 13.3. The summed E-state index contributed by atoms with van der Waals surface area (Å²) in [5, 5.41) is 3.21. The number of hydrogen-bond donors (Lipinski definition) is 1. The summed E-state index contributed by atoms with van der Waals surface area (Å²) in [5.41, 5.74) is -2.06. The van der Waals surface area contributed by atoms with E-state index < -0.39 is 18.0 Å². The van der Waals surface area contributed by atoms with Gasteiger partial charge in [-0.3, -0.25) is 0 Å². The molecule has 146 valence electrons. The van der Waals surface area contributed by atoms with Gasteiger partial charge in [-0.2, -0.15) is 13.2 Å². The van der Waals surface area contributed by atoms with Crippen molar-refractivity contribution in [3.8, 4) is 17.6 Å². The van der Waals surface area contributed by atoms with Gasteiger partial charge in [0.15, 0.2) is 6.23 Å². The first-order valence-electron chi connectivity index (χ1n) is 8.80. The van der Waals surface area contributed by atoms with Gasteiger partial charge in [0.25, 0.3) is 5.60 Å². The molecule has 28 heavy (non-hydrogen) atoms. The maximum Gasteiger partial charge on any atom is 0.433 e. The van der Waals surface area contributed by atoms with Crippen LogP contribution in [0.3, 0.4) is 0 Å². The molecule has 3 nitrogen and oxygen atoms in total. The largest absolute Gasteiger partial charge is 0.497 e. The SMILES string of the molecule is COc1ccc([C@H]2Nc3ccc(Cl)cc3[C@](C#CC3CC3)(C(F)(F)F)O2)cc1. The molecule has 1 fully saturated rings. The number of hydrogen-bond acceptors (Lipinski definition) is 3. The van der Waals surface area contributed by atoms with Gasteiger partial charge in [0.1, 0.15) is 5.75 Å². The zero-order valence-corrected chi connectivity index (χ0v) is 15.7. The minimum absolute atomic E-state index is 0.0141. The van der Waals surface area contributed by atoms with E-state index in [2.05, 4.69) is 17.2 Å². The first-order valence-corrected chi connectivity index (χ1v) is 9.18. The molecule has 0 amide bonds. The molecule has 2 aliphatic rings. The lowest BCUT2D eigenvalue weighted by Gasteiger charge is -2.41. The molecule has 0 spiro atoms. The van der Waals surface area contributed by atoms with Crippen LogP contribution in [0.4, 0.5) is 18.9 Å². The molecule has 1 aliphatic carbocycles. The summed E-state index contributed by atoms with van der Waals surface area (Å²) in [6, 6.07) is 11.0. The van der Waals surface area contributed by atoms with E-state index in [1.807, 2.05) is 0 Å². The Bertz CT molecular complexity index is 945. The van der Waals surface area contributed by atoms with Crippen LogP contribution in [0.5, 0.6) is 5.75 Å². The highest BCUT2D eigenvalue weighted by Gasteiger charge is 2.61. The molecule has 1 N–H and O–H groups in total. The van der Waals surface area contributed by atoms with Crippen LogP contribution in [0, 0.1) is 17.8 Å². The average molecular weight is 408 g/mol. The predicted octanol–water partition coefficient (Wildman–Crippen LogP) is 5.66. The standard InChI is InChI=1S/C21H17ClF3NO2/c1-27-16-7-4-14(5-8-16)19-26-18-9-6-15(22)12-17(18)20(28-19,21(23,24)25)11-10-13-2-3-13/h4-9,12-13,19,26H,2-3H2,1H3/t19-,20+/m0/s1. The normalized spacial score (nSPS) is 23.8. The molecule has 7 heteroatoms. The van der Waals surface area contributed by atoms with E-state index in [9.17, 15) is 13.2 Å². The first kappa shape index (κ1) is 19.0. The Balaban J connectivity index is 1.84. The van der Waals surface area contributed by atoms with Gasteiger partial charge >= 0.3 is 6.18 Å². The van der Waals surface area contributed by atoms with Crippen molar-refractivity contribution >= 4 is 17.3 Å².